The van der Waals surface area contributed by atoms with Gasteiger partial charge in [-0.1, -0.05) is 18.2 Å². The Kier molecular flexibility index (Phi) is 3.57. The van der Waals surface area contributed by atoms with E-state index < -0.39 is 6.04 Å². The fraction of sp³-hybridized carbons (Fsp3) is 0.154. The Morgan fingerprint density at radius 2 is 2.00 bits per heavy atom. The van der Waals surface area contributed by atoms with Gasteiger partial charge in [0.05, 0.1) is 12.3 Å². The van der Waals surface area contributed by atoms with Crippen LogP contribution in [0.25, 0.3) is 0 Å². The molecule has 1 aromatic heterocycles. The summed E-state index contributed by atoms with van der Waals surface area (Å²) in [4.78, 5) is 11.8. The molecule has 0 aliphatic heterocycles. The van der Waals surface area contributed by atoms with Gasteiger partial charge in [0, 0.05) is 12.1 Å². The lowest BCUT2D eigenvalue weighted by Crippen LogP contribution is -2.37. The molecule has 0 spiro atoms. The lowest BCUT2D eigenvalue weighted by atomic mass is 10.1. The lowest BCUT2D eigenvalue weighted by molar-refractivity contribution is -0.117. The van der Waals surface area contributed by atoms with Gasteiger partial charge in [0.15, 0.2) is 0 Å². The molecule has 0 bridgehead atoms. The Morgan fingerprint density at radius 3 is 2.65 bits per heavy atom. The standard InChI is InChI=1S/C13H14N2O2/c14-12(9-11-7-4-8-17-11)13(16)15-10-5-2-1-3-6-10/h1-8,12H,9,14H2,(H,15,16). The van der Waals surface area contributed by atoms with E-state index in [1.54, 1.807) is 18.4 Å². The van der Waals surface area contributed by atoms with Crippen LogP contribution in [-0.2, 0) is 11.2 Å². The summed E-state index contributed by atoms with van der Waals surface area (Å²) in [6, 6.07) is 12.2. The summed E-state index contributed by atoms with van der Waals surface area (Å²) < 4.78 is 5.14. The van der Waals surface area contributed by atoms with Crippen molar-refractivity contribution in [2.75, 3.05) is 5.32 Å². The van der Waals surface area contributed by atoms with Crippen LogP contribution in [0.4, 0.5) is 5.69 Å². The molecule has 0 saturated heterocycles. The van der Waals surface area contributed by atoms with Gasteiger partial charge in [-0.25, -0.2) is 0 Å². The van der Waals surface area contributed by atoms with E-state index in [0.717, 1.165) is 5.69 Å². The maximum atomic E-state index is 11.8. The van der Waals surface area contributed by atoms with Crippen molar-refractivity contribution < 1.29 is 9.21 Å². The van der Waals surface area contributed by atoms with Gasteiger partial charge in [-0.3, -0.25) is 4.79 Å². The molecule has 3 N–H and O–H groups in total. The van der Waals surface area contributed by atoms with Crippen LogP contribution in [0.1, 0.15) is 5.76 Å². The lowest BCUT2D eigenvalue weighted by Gasteiger charge is -2.10. The minimum absolute atomic E-state index is 0.215. The monoisotopic (exact) mass is 230 g/mol. The van der Waals surface area contributed by atoms with Crippen molar-refractivity contribution in [3.05, 3.63) is 54.5 Å². The van der Waals surface area contributed by atoms with Crippen LogP contribution in [-0.4, -0.2) is 11.9 Å². The SMILES string of the molecule is NC(Cc1ccco1)C(=O)Nc1ccccc1. The fourth-order valence-electron chi connectivity index (χ4n) is 1.49. The normalized spacial score (nSPS) is 12.1. The second kappa shape index (κ2) is 5.32. The molecule has 17 heavy (non-hydrogen) atoms. The van der Waals surface area contributed by atoms with Crippen LogP contribution < -0.4 is 11.1 Å². The zero-order valence-corrected chi connectivity index (χ0v) is 9.30. The molecule has 1 amide bonds. The van der Waals surface area contributed by atoms with Crippen molar-refractivity contribution in [1.29, 1.82) is 0 Å². The Morgan fingerprint density at radius 1 is 1.24 bits per heavy atom. The number of hydrogen-bond donors (Lipinski definition) is 2. The van der Waals surface area contributed by atoms with E-state index in [0.29, 0.717) is 12.2 Å². The van der Waals surface area contributed by atoms with E-state index in [1.165, 1.54) is 0 Å². The van der Waals surface area contributed by atoms with Crippen LogP contribution in [0, 0.1) is 0 Å². The van der Waals surface area contributed by atoms with Crippen LogP contribution in [0.5, 0.6) is 0 Å². The first-order chi connectivity index (χ1) is 8.25. The van der Waals surface area contributed by atoms with Crippen molar-refractivity contribution >= 4 is 11.6 Å². The summed E-state index contributed by atoms with van der Waals surface area (Å²) >= 11 is 0. The molecule has 0 radical (unpaired) electrons. The van der Waals surface area contributed by atoms with Gasteiger partial charge < -0.3 is 15.5 Å². The van der Waals surface area contributed by atoms with E-state index in [9.17, 15) is 4.79 Å². The number of furan rings is 1. The molecule has 2 aromatic rings. The average Bonchev–Trinajstić information content (AvgIpc) is 2.83. The third-order valence-corrected chi connectivity index (χ3v) is 2.38. The van der Waals surface area contributed by atoms with Crippen molar-refractivity contribution in [2.45, 2.75) is 12.5 Å². The molecule has 4 nitrogen and oxygen atoms in total. The van der Waals surface area contributed by atoms with Crippen molar-refractivity contribution in [1.82, 2.24) is 0 Å². The quantitative estimate of drug-likeness (QED) is 0.841. The van der Waals surface area contributed by atoms with E-state index in [-0.39, 0.29) is 5.91 Å². The van der Waals surface area contributed by atoms with Crippen LogP contribution >= 0.6 is 0 Å². The molecule has 1 unspecified atom stereocenters. The van der Waals surface area contributed by atoms with Gasteiger partial charge in [0.2, 0.25) is 5.91 Å². The predicted molar refractivity (Wildman–Crippen MR) is 65.5 cm³/mol. The largest absolute Gasteiger partial charge is 0.469 e. The van der Waals surface area contributed by atoms with E-state index in [1.807, 2.05) is 30.3 Å². The van der Waals surface area contributed by atoms with Gasteiger partial charge in [-0.2, -0.15) is 0 Å². The fourth-order valence-corrected chi connectivity index (χ4v) is 1.49. The molecule has 4 heteroatoms. The van der Waals surface area contributed by atoms with Gasteiger partial charge in [-0.05, 0) is 24.3 Å². The molecule has 1 aromatic carbocycles. The second-order valence-corrected chi connectivity index (χ2v) is 3.75. The highest BCUT2D eigenvalue weighted by Crippen LogP contribution is 2.07. The van der Waals surface area contributed by atoms with Crippen LogP contribution in [0.2, 0.25) is 0 Å². The smallest absolute Gasteiger partial charge is 0.241 e. The van der Waals surface area contributed by atoms with Gasteiger partial charge in [0.25, 0.3) is 0 Å². The zero-order valence-electron chi connectivity index (χ0n) is 9.30. The summed E-state index contributed by atoms with van der Waals surface area (Å²) in [6.45, 7) is 0. The molecule has 2 rings (SSSR count). The molecular formula is C13H14N2O2. The topological polar surface area (TPSA) is 68.3 Å². The van der Waals surface area contributed by atoms with E-state index in [4.69, 9.17) is 10.2 Å². The third kappa shape index (κ3) is 3.19. The Hall–Kier alpha value is -2.07. The maximum absolute atomic E-state index is 11.8. The van der Waals surface area contributed by atoms with Gasteiger partial charge >= 0.3 is 0 Å². The van der Waals surface area contributed by atoms with Crippen molar-refractivity contribution in [3.8, 4) is 0 Å². The number of nitrogens with two attached hydrogens (primary N) is 1. The number of nitrogens with one attached hydrogen (secondary N) is 1. The number of para-hydroxylation sites is 1. The Bertz CT molecular complexity index is 465. The van der Waals surface area contributed by atoms with Crippen LogP contribution in [0.3, 0.4) is 0 Å². The highest BCUT2D eigenvalue weighted by atomic mass is 16.3. The molecule has 1 atom stereocenters. The summed E-state index contributed by atoms with van der Waals surface area (Å²) in [5, 5.41) is 2.75. The summed E-state index contributed by atoms with van der Waals surface area (Å²) in [5.74, 6) is 0.494. The van der Waals surface area contributed by atoms with E-state index in [2.05, 4.69) is 5.32 Å². The summed E-state index contributed by atoms with van der Waals surface area (Å²) in [7, 11) is 0. The number of hydrogen-bond acceptors (Lipinski definition) is 3. The molecule has 0 fully saturated rings. The molecule has 0 aliphatic rings. The minimum atomic E-state index is -0.610. The highest BCUT2D eigenvalue weighted by molar-refractivity contribution is 5.94. The molecule has 1 heterocycles. The summed E-state index contributed by atoms with van der Waals surface area (Å²) in [5.41, 5.74) is 6.53. The molecule has 0 aliphatic carbocycles. The predicted octanol–water partition coefficient (Wildman–Crippen LogP) is 1.79. The number of rotatable bonds is 4. The number of amides is 1. The first-order valence-electron chi connectivity index (χ1n) is 5.39. The number of carbonyl (C=O) groups is 1. The first kappa shape index (κ1) is 11.4. The number of carbonyl (C=O) groups excluding carboxylic acids is 1. The number of anilines is 1. The maximum Gasteiger partial charge on any atom is 0.241 e. The molecular weight excluding hydrogens is 216 g/mol. The average molecular weight is 230 g/mol. The summed E-state index contributed by atoms with van der Waals surface area (Å²) in [6.07, 6.45) is 1.96. The Labute approximate surface area is 99.4 Å². The van der Waals surface area contributed by atoms with Gasteiger partial charge in [-0.15, -0.1) is 0 Å². The molecule has 88 valence electrons. The number of benzene rings is 1. The molecule has 0 saturated carbocycles. The highest BCUT2D eigenvalue weighted by Gasteiger charge is 2.15. The zero-order chi connectivity index (χ0) is 12.1. The van der Waals surface area contributed by atoms with E-state index >= 15 is 0 Å². The van der Waals surface area contributed by atoms with Crippen molar-refractivity contribution in [3.63, 3.8) is 0 Å². The van der Waals surface area contributed by atoms with Gasteiger partial charge in [0.1, 0.15) is 5.76 Å². The third-order valence-electron chi connectivity index (χ3n) is 2.38. The van der Waals surface area contributed by atoms with Crippen molar-refractivity contribution in [2.24, 2.45) is 5.73 Å². The van der Waals surface area contributed by atoms with Crippen LogP contribution in [0.15, 0.2) is 53.1 Å². The second-order valence-electron chi connectivity index (χ2n) is 3.75. The Balaban J connectivity index is 1.92. The first-order valence-corrected chi connectivity index (χ1v) is 5.39. The minimum Gasteiger partial charge on any atom is -0.469 e.